The Morgan fingerprint density at radius 3 is 2.86 bits per heavy atom. The highest BCUT2D eigenvalue weighted by Crippen LogP contribution is 2.38. The van der Waals surface area contributed by atoms with Crippen LogP contribution in [0.2, 0.25) is 0 Å². The van der Waals surface area contributed by atoms with Crippen molar-refractivity contribution < 1.29 is 9.13 Å². The first kappa shape index (κ1) is 15.3. The SMILES string of the molecule is C[C@@H](NC1CCOC2(CCSCC2)C1)c1ccccc1F. The van der Waals surface area contributed by atoms with E-state index in [1.54, 1.807) is 6.07 Å². The molecule has 1 unspecified atom stereocenters. The van der Waals surface area contributed by atoms with E-state index in [9.17, 15) is 4.39 Å². The third kappa shape index (κ3) is 3.61. The molecule has 2 aliphatic rings. The van der Waals surface area contributed by atoms with Gasteiger partial charge in [0.1, 0.15) is 5.82 Å². The first-order chi connectivity index (χ1) is 10.2. The van der Waals surface area contributed by atoms with Gasteiger partial charge in [0.05, 0.1) is 5.60 Å². The average Bonchev–Trinajstić information content (AvgIpc) is 2.48. The van der Waals surface area contributed by atoms with Crippen LogP contribution in [-0.4, -0.2) is 29.8 Å². The molecule has 0 aromatic heterocycles. The molecule has 0 bridgehead atoms. The molecule has 2 fully saturated rings. The Morgan fingerprint density at radius 2 is 2.10 bits per heavy atom. The summed E-state index contributed by atoms with van der Waals surface area (Å²) in [5.41, 5.74) is 0.841. The second-order valence-corrected chi connectivity index (χ2v) is 7.47. The van der Waals surface area contributed by atoms with Gasteiger partial charge in [-0.05, 0) is 50.2 Å². The summed E-state index contributed by atoms with van der Waals surface area (Å²) >= 11 is 2.03. The lowest BCUT2D eigenvalue weighted by molar-refractivity contribution is -0.0941. The van der Waals surface area contributed by atoms with Crippen molar-refractivity contribution in [2.75, 3.05) is 18.1 Å². The summed E-state index contributed by atoms with van der Waals surface area (Å²) < 4.78 is 20.0. The Hall–Kier alpha value is -0.580. The van der Waals surface area contributed by atoms with Crippen LogP contribution in [0.25, 0.3) is 0 Å². The lowest BCUT2D eigenvalue weighted by atomic mass is 9.85. The van der Waals surface area contributed by atoms with Crippen LogP contribution in [0, 0.1) is 5.82 Å². The number of thioether (sulfide) groups is 1. The number of rotatable bonds is 3. The summed E-state index contributed by atoms with van der Waals surface area (Å²) in [5, 5.41) is 3.62. The van der Waals surface area contributed by atoms with E-state index in [-0.39, 0.29) is 17.5 Å². The quantitative estimate of drug-likeness (QED) is 0.914. The van der Waals surface area contributed by atoms with Crippen molar-refractivity contribution in [1.82, 2.24) is 5.32 Å². The summed E-state index contributed by atoms with van der Waals surface area (Å²) in [6, 6.07) is 7.53. The molecule has 0 saturated carbocycles. The van der Waals surface area contributed by atoms with E-state index < -0.39 is 0 Å². The summed E-state index contributed by atoms with van der Waals surface area (Å²) in [6.45, 7) is 2.88. The average molecular weight is 309 g/mol. The third-order valence-electron chi connectivity index (χ3n) is 4.75. The zero-order valence-corrected chi connectivity index (χ0v) is 13.4. The first-order valence-electron chi connectivity index (χ1n) is 7.91. The van der Waals surface area contributed by atoms with Crippen molar-refractivity contribution in [1.29, 1.82) is 0 Å². The zero-order chi connectivity index (χ0) is 14.7. The number of hydrogen-bond acceptors (Lipinski definition) is 3. The van der Waals surface area contributed by atoms with E-state index >= 15 is 0 Å². The molecule has 1 spiro atoms. The normalized spacial score (nSPS) is 26.7. The molecular formula is C17H24FNOS. The van der Waals surface area contributed by atoms with Gasteiger partial charge in [0, 0.05) is 24.3 Å². The van der Waals surface area contributed by atoms with Gasteiger partial charge in [-0.3, -0.25) is 0 Å². The molecular weight excluding hydrogens is 285 g/mol. The van der Waals surface area contributed by atoms with Crippen molar-refractivity contribution in [3.8, 4) is 0 Å². The van der Waals surface area contributed by atoms with Crippen LogP contribution in [-0.2, 0) is 4.74 Å². The van der Waals surface area contributed by atoms with Gasteiger partial charge in [0.2, 0.25) is 0 Å². The van der Waals surface area contributed by atoms with Crippen molar-refractivity contribution in [3.63, 3.8) is 0 Å². The molecule has 0 amide bonds. The van der Waals surface area contributed by atoms with Gasteiger partial charge in [0.25, 0.3) is 0 Å². The smallest absolute Gasteiger partial charge is 0.127 e. The molecule has 4 heteroatoms. The molecule has 2 heterocycles. The van der Waals surface area contributed by atoms with Gasteiger partial charge in [-0.25, -0.2) is 4.39 Å². The Labute approximate surface area is 130 Å². The van der Waals surface area contributed by atoms with Crippen molar-refractivity contribution in [2.45, 2.75) is 50.3 Å². The monoisotopic (exact) mass is 309 g/mol. The van der Waals surface area contributed by atoms with Gasteiger partial charge in [0.15, 0.2) is 0 Å². The maximum atomic E-state index is 13.9. The fourth-order valence-electron chi connectivity index (χ4n) is 3.53. The van der Waals surface area contributed by atoms with Crippen LogP contribution in [0.15, 0.2) is 24.3 Å². The van der Waals surface area contributed by atoms with E-state index in [0.717, 1.165) is 37.9 Å². The number of benzene rings is 1. The van der Waals surface area contributed by atoms with Crippen LogP contribution in [0.1, 0.15) is 44.2 Å². The summed E-state index contributed by atoms with van der Waals surface area (Å²) in [7, 11) is 0. The molecule has 2 atom stereocenters. The lowest BCUT2D eigenvalue weighted by Gasteiger charge is -2.44. The summed E-state index contributed by atoms with van der Waals surface area (Å²) in [4.78, 5) is 0. The second-order valence-electron chi connectivity index (χ2n) is 6.24. The van der Waals surface area contributed by atoms with Crippen LogP contribution in [0.5, 0.6) is 0 Å². The van der Waals surface area contributed by atoms with E-state index in [4.69, 9.17) is 4.74 Å². The van der Waals surface area contributed by atoms with Crippen LogP contribution >= 0.6 is 11.8 Å². The van der Waals surface area contributed by atoms with E-state index in [1.807, 2.05) is 23.9 Å². The molecule has 21 heavy (non-hydrogen) atoms. The minimum Gasteiger partial charge on any atom is -0.375 e. The predicted octanol–water partition coefficient (Wildman–Crippen LogP) is 3.92. The Morgan fingerprint density at radius 1 is 1.33 bits per heavy atom. The Bertz CT molecular complexity index is 470. The molecule has 0 aliphatic carbocycles. The lowest BCUT2D eigenvalue weighted by Crippen LogP contribution is -2.49. The van der Waals surface area contributed by atoms with Crippen LogP contribution < -0.4 is 5.32 Å². The molecule has 2 nitrogen and oxygen atoms in total. The number of halogens is 1. The summed E-state index contributed by atoms with van der Waals surface area (Å²) in [5.74, 6) is 2.29. The fourth-order valence-corrected chi connectivity index (χ4v) is 4.77. The number of ether oxygens (including phenoxy) is 1. The molecule has 2 saturated heterocycles. The van der Waals surface area contributed by atoms with Crippen molar-refractivity contribution in [2.24, 2.45) is 0 Å². The van der Waals surface area contributed by atoms with Gasteiger partial charge < -0.3 is 10.1 Å². The standard InChI is InChI=1S/C17H24FNOS/c1-13(15-4-2-3-5-16(15)18)19-14-6-9-20-17(12-14)7-10-21-11-8-17/h2-5,13-14,19H,6-12H2,1H3/t13-,14?/m1/s1. The number of hydrogen-bond donors (Lipinski definition) is 1. The molecule has 1 aromatic rings. The highest BCUT2D eigenvalue weighted by atomic mass is 32.2. The second kappa shape index (κ2) is 6.67. The van der Waals surface area contributed by atoms with Crippen LogP contribution in [0.3, 0.4) is 0 Å². The maximum absolute atomic E-state index is 13.9. The predicted molar refractivity (Wildman–Crippen MR) is 86.2 cm³/mol. The molecule has 1 N–H and O–H groups in total. The Kier molecular flexibility index (Phi) is 4.87. The largest absolute Gasteiger partial charge is 0.375 e. The minimum atomic E-state index is -0.117. The van der Waals surface area contributed by atoms with Gasteiger partial charge >= 0.3 is 0 Å². The minimum absolute atomic E-state index is 0.0457. The highest BCUT2D eigenvalue weighted by molar-refractivity contribution is 7.99. The fraction of sp³-hybridized carbons (Fsp3) is 0.647. The first-order valence-corrected chi connectivity index (χ1v) is 9.06. The van der Waals surface area contributed by atoms with E-state index in [0.29, 0.717) is 6.04 Å². The van der Waals surface area contributed by atoms with E-state index in [1.165, 1.54) is 17.6 Å². The third-order valence-corrected chi connectivity index (χ3v) is 5.74. The Balaban J connectivity index is 1.63. The van der Waals surface area contributed by atoms with Gasteiger partial charge in [-0.15, -0.1) is 0 Å². The molecule has 2 aliphatic heterocycles. The number of nitrogens with one attached hydrogen (secondary N) is 1. The molecule has 0 radical (unpaired) electrons. The topological polar surface area (TPSA) is 21.3 Å². The highest BCUT2D eigenvalue weighted by Gasteiger charge is 2.39. The maximum Gasteiger partial charge on any atom is 0.127 e. The van der Waals surface area contributed by atoms with Crippen molar-refractivity contribution in [3.05, 3.63) is 35.6 Å². The zero-order valence-electron chi connectivity index (χ0n) is 12.6. The molecule has 116 valence electrons. The van der Waals surface area contributed by atoms with Crippen LogP contribution in [0.4, 0.5) is 4.39 Å². The van der Waals surface area contributed by atoms with E-state index in [2.05, 4.69) is 12.2 Å². The molecule has 3 rings (SSSR count). The molecule has 1 aromatic carbocycles. The summed E-state index contributed by atoms with van der Waals surface area (Å²) in [6.07, 6.45) is 4.40. The van der Waals surface area contributed by atoms with Crippen molar-refractivity contribution >= 4 is 11.8 Å². The van der Waals surface area contributed by atoms with Gasteiger partial charge in [-0.2, -0.15) is 11.8 Å². The van der Waals surface area contributed by atoms with Gasteiger partial charge in [-0.1, -0.05) is 18.2 Å².